The molecule has 0 spiro atoms. The highest BCUT2D eigenvalue weighted by Gasteiger charge is 2.10. The minimum absolute atomic E-state index is 0.0556. The first-order valence-electron chi connectivity index (χ1n) is 5.79. The summed E-state index contributed by atoms with van der Waals surface area (Å²) in [5.41, 5.74) is 1.77. The molecule has 102 valence electrons. The van der Waals surface area contributed by atoms with E-state index in [1.807, 2.05) is 6.92 Å². The molecule has 0 aliphatic carbocycles. The highest BCUT2D eigenvalue weighted by atomic mass is 35.5. The first-order valence-corrected chi connectivity index (χ1v) is 6.17. The van der Waals surface area contributed by atoms with Gasteiger partial charge in [-0.25, -0.2) is 0 Å². The molecule has 1 amide bonds. The number of hydrogen-bond acceptors (Lipinski definition) is 3. The zero-order valence-electron chi connectivity index (χ0n) is 10.6. The number of amides is 1. The van der Waals surface area contributed by atoms with Crippen LogP contribution in [0.15, 0.2) is 42.5 Å². The Morgan fingerprint density at radius 2 is 1.85 bits per heavy atom. The Balaban J connectivity index is 2.15. The van der Waals surface area contributed by atoms with Gasteiger partial charge in [-0.2, -0.15) is 0 Å². The van der Waals surface area contributed by atoms with Crippen LogP contribution >= 0.6 is 11.6 Å². The minimum atomic E-state index is -0.512. The van der Waals surface area contributed by atoms with Crippen LogP contribution in [0.5, 0.6) is 0 Å². The van der Waals surface area contributed by atoms with Crippen LogP contribution in [0.25, 0.3) is 0 Å². The van der Waals surface area contributed by atoms with Gasteiger partial charge in [-0.1, -0.05) is 17.7 Å². The van der Waals surface area contributed by atoms with Crippen molar-refractivity contribution in [1.82, 2.24) is 0 Å². The van der Waals surface area contributed by atoms with Crippen LogP contribution < -0.4 is 5.32 Å². The van der Waals surface area contributed by atoms with Crippen molar-refractivity contribution >= 4 is 28.9 Å². The van der Waals surface area contributed by atoms with Crippen molar-refractivity contribution in [3.63, 3.8) is 0 Å². The number of nitrogens with one attached hydrogen (secondary N) is 1. The largest absolute Gasteiger partial charge is 0.322 e. The lowest BCUT2D eigenvalue weighted by atomic mass is 10.2. The summed E-state index contributed by atoms with van der Waals surface area (Å²) in [7, 11) is 0. The van der Waals surface area contributed by atoms with E-state index in [0.717, 1.165) is 5.56 Å². The Bertz CT molecular complexity index is 669. The normalized spacial score (nSPS) is 10.1. The van der Waals surface area contributed by atoms with Gasteiger partial charge in [-0.3, -0.25) is 14.9 Å². The van der Waals surface area contributed by atoms with E-state index in [1.54, 1.807) is 18.2 Å². The third kappa shape index (κ3) is 3.13. The van der Waals surface area contributed by atoms with Gasteiger partial charge in [0.05, 0.1) is 4.92 Å². The number of aryl methyl sites for hydroxylation is 1. The molecule has 1 N–H and O–H groups in total. The average molecular weight is 291 g/mol. The molecule has 0 saturated carbocycles. The van der Waals surface area contributed by atoms with Gasteiger partial charge in [0.1, 0.15) is 0 Å². The van der Waals surface area contributed by atoms with E-state index in [2.05, 4.69) is 5.32 Å². The smallest absolute Gasteiger partial charge is 0.269 e. The maximum atomic E-state index is 12.0. The molecule has 5 nitrogen and oxygen atoms in total. The third-order valence-corrected chi connectivity index (χ3v) is 3.18. The van der Waals surface area contributed by atoms with Crippen molar-refractivity contribution in [2.45, 2.75) is 6.92 Å². The SMILES string of the molecule is Cc1ccc(NC(=O)c2ccc([N+](=O)[O-])cc2)cc1Cl. The van der Waals surface area contributed by atoms with Gasteiger partial charge in [-0.15, -0.1) is 0 Å². The number of non-ortho nitro benzene ring substituents is 1. The topological polar surface area (TPSA) is 72.2 Å². The Hall–Kier alpha value is -2.40. The molecule has 0 atom stereocenters. The molecule has 0 aliphatic rings. The summed E-state index contributed by atoms with van der Waals surface area (Å²) in [6.45, 7) is 1.87. The Morgan fingerprint density at radius 1 is 1.20 bits per heavy atom. The highest BCUT2D eigenvalue weighted by molar-refractivity contribution is 6.31. The molecule has 0 bridgehead atoms. The number of carbonyl (C=O) groups excluding carboxylic acids is 1. The fourth-order valence-electron chi connectivity index (χ4n) is 1.61. The molecule has 6 heteroatoms. The molecule has 0 fully saturated rings. The molecule has 0 aliphatic heterocycles. The summed E-state index contributed by atoms with van der Waals surface area (Å²) >= 11 is 5.97. The van der Waals surface area contributed by atoms with Crippen LogP contribution in [-0.2, 0) is 0 Å². The standard InChI is InChI=1S/C14H11ClN2O3/c1-9-2-5-11(8-13(9)15)16-14(18)10-3-6-12(7-4-10)17(19)20/h2-8H,1H3,(H,16,18). The van der Waals surface area contributed by atoms with Gasteiger partial charge in [0.2, 0.25) is 0 Å². The van der Waals surface area contributed by atoms with Gasteiger partial charge < -0.3 is 5.32 Å². The summed E-state index contributed by atoms with van der Waals surface area (Å²) in [5, 5.41) is 13.8. The number of anilines is 1. The summed E-state index contributed by atoms with van der Waals surface area (Å²) < 4.78 is 0. The molecule has 0 radical (unpaired) electrons. The molecule has 2 aromatic rings. The molecule has 2 rings (SSSR count). The van der Waals surface area contributed by atoms with Crippen molar-refractivity contribution < 1.29 is 9.72 Å². The van der Waals surface area contributed by atoms with Gasteiger partial charge >= 0.3 is 0 Å². The number of halogens is 1. The second-order valence-electron chi connectivity index (χ2n) is 4.22. The maximum absolute atomic E-state index is 12.0. The lowest BCUT2D eigenvalue weighted by molar-refractivity contribution is -0.384. The van der Waals surface area contributed by atoms with Crippen LogP contribution in [0.3, 0.4) is 0 Å². The maximum Gasteiger partial charge on any atom is 0.269 e. The van der Waals surface area contributed by atoms with Crippen molar-refractivity contribution in [2.24, 2.45) is 0 Å². The van der Waals surface area contributed by atoms with Gasteiger partial charge in [0, 0.05) is 28.4 Å². The number of hydrogen-bond donors (Lipinski definition) is 1. The number of rotatable bonds is 3. The first-order chi connectivity index (χ1) is 9.47. The second-order valence-corrected chi connectivity index (χ2v) is 4.63. The average Bonchev–Trinajstić information content (AvgIpc) is 2.43. The van der Waals surface area contributed by atoms with E-state index >= 15 is 0 Å². The second kappa shape index (κ2) is 5.71. The van der Waals surface area contributed by atoms with Crippen LogP contribution in [0.2, 0.25) is 5.02 Å². The van der Waals surface area contributed by atoms with Crippen molar-refractivity contribution in [2.75, 3.05) is 5.32 Å². The monoisotopic (exact) mass is 290 g/mol. The fourth-order valence-corrected chi connectivity index (χ4v) is 1.79. The Labute approximate surface area is 120 Å². The zero-order valence-corrected chi connectivity index (χ0v) is 11.3. The van der Waals surface area contributed by atoms with Crippen molar-refractivity contribution in [3.8, 4) is 0 Å². The van der Waals surface area contributed by atoms with E-state index < -0.39 is 4.92 Å². The van der Waals surface area contributed by atoms with Crippen LogP contribution in [0.1, 0.15) is 15.9 Å². The first kappa shape index (κ1) is 14.0. The van der Waals surface area contributed by atoms with Crippen LogP contribution in [0, 0.1) is 17.0 Å². The molecule has 0 heterocycles. The van der Waals surface area contributed by atoms with Crippen LogP contribution in [-0.4, -0.2) is 10.8 Å². The summed E-state index contributed by atoms with van der Waals surface area (Å²) in [6.07, 6.45) is 0. The fraction of sp³-hybridized carbons (Fsp3) is 0.0714. The number of nitro benzene ring substituents is 1. The van der Waals surface area contributed by atoms with E-state index in [9.17, 15) is 14.9 Å². The predicted octanol–water partition coefficient (Wildman–Crippen LogP) is 3.81. The molecular formula is C14H11ClN2O3. The number of benzene rings is 2. The van der Waals surface area contributed by atoms with Gasteiger partial charge in [-0.05, 0) is 36.8 Å². The van der Waals surface area contributed by atoms with Crippen LogP contribution in [0.4, 0.5) is 11.4 Å². The lowest BCUT2D eigenvalue weighted by Gasteiger charge is -2.06. The van der Waals surface area contributed by atoms with Gasteiger partial charge in [0.15, 0.2) is 0 Å². The quantitative estimate of drug-likeness (QED) is 0.690. The molecule has 0 aromatic heterocycles. The number of nitro groups is 1. The number of nitrogens with zero attached hydrogens (tertiary/aromatic N) is 1. The summed E-state index contributed by atoms with van der Waals surface area (Å²) in [4.78, 5) is 22.0. The number of carbonyl (C=O) groups is 1. The van der Waals surface area contributed by atoms with Gasteiger partial charge in [0.25, 0.3) is 11.6 Å². The lowest BCUT2D eigenvalue weighted by Crippen LogP contribution is -2.11. The summed E-state index contributed by atoms with van der Waals surface area (Å²) in [6, 6.07) is 10.6. The van der Waals surface area contributed by atoms with E-state index in [-0.39, 0.29) is 11.6 Å². The third-order valence-electron chi connectivity index (χ3n) is 2.77. The van der Waals surface area contributed by atoms with Crippen molar-refractivity contribution in [3.05, 3.63) is 68.7 Å². The zero-order chi connectivity index (χ0) is 14.7. The van der Waals surface area contributed by atoms with E-state index in [4.69, 9.17) is 11.6 Å². The molecule has 20 heavy (non-hydrogen) atoms. The molecule has 2 aromatic carbocycles. The van der Waals surface area contributed by atoms with E-state index in [1.165, 1.54) is 24.3 Å². The molecule has 0 unspecified atom stereocenters. The Kier molecular flexibility index (Phi) is 4.00. The van der Waals surface area contributed by atoms with E-state index in [0.29, 0.717) is 16.3 Å². The Morgan fingerprint density at radius 3 is 2.40 bits per heavy atom. The van der Waals surface area contributed by atoms with Crippen molar-refractivity contribution in [1.29, 1.82) is 0 Å². The summed E-state index contributed by atoms with van der Waals surface area (Å²) in [5.74, 6) is -0.347. The minimum Gasteiger partial charge on any atom is -0.322 e. The highest BCUT2D eigenvalue weighted by Crippen LogP contribution is 2.21. The predicted molar refractivity (Wildman–Crippen MR) is 77.2 cm³/mol. The molecule has 0 saturated heterocycles. The molecular weight excluding hydrogens is 280 g/mol.